The first-order chi connectivity index (χ1) is 14.5. The number of carbonyl (C=O) groups excluding carboxylic acids is 1. The van der Waals surface area contributed by atoms with E-state index < -0.39 is 0 Å². The van der Waals surface area contributed by atoms with Gasteiger partial charge in [-0.15, -0.1) is 0 Å². The third kappa shape index (κ3) is 3.18. The monoisotopic (exact) mass is 404 g/mol. The molecule has 152 valence electrons. The summed E-state index contributed by atoms with van der Waals surface area (Å²) in [6, 6.07) is 9.74. The molecule has 3 N–H and O–H groups in total. The number of nitrogens with two attached hydrogens (primary N) is 1. The van der Waals surface area contributed by atoms with Gasteiger partial charge in [-0.1, -0.05) is 6.07 Å². The second-order valence-electron chi connectivity index (χ2n) is 7.88. The number of aromatic amines is 1. The molecule has 0 spiro atoms. The largest absolute Gasteiger partial charge is 0.384 e. The van der Waals surface area contributed by atoms with Crippen LogP contribution in [-0.4, -0.2) is 43.4 Å². The van der Waals surface area contributed by atoms with E-state index in [2.05, 4.69) is 15.0 Å². The molecule has 3 aromatic rings. The fourth-order valence-electron chi connectivity index (χ4n) is 4.55. The molecular weight excluding hydrogens is 384 g/mol. The highest BCUT2D eigenvalue weighted by molar-refractivity contribution is 5.92. The van der Waals surface area contributed by atoms with E-state index >= 15 is 0 Å². The number of anilines is 1. The zero-order chi connectivity index (χ0) is 20.8. The first kappa shape index (κ1) is 18.3. The molecule has 0 aromatic carbocycles. The van der Waals surface area contributed by atoms with E-state index in [-0.39, 0.29) is 34.6 Å². The number of aromatic nitrogens is 4. The van der Waals surface area contributed by atoms with E-state index in [4.69, 9.17) is 5.73 Å². The number of rotatable bonds is 2. The lowest BCUT2D eigenvalue weighted by Crippen LogP contribution is -2.49. The number of hydrogen-bond acceptors (Lipinski definition) is 6. The Kier molecular flexibility index (Phi) is 4.23. The number of nitrogens with zero attached hydrogens (tertiary/aromatic N) is 4. The maximum Gasteiger partial charge on any atom is 0.270 e. The lowest BCUT2D eigenvalue weighted by atomic mass is 9.82. The molecule has 2 atom stereocenters. The zero-order valence-corrected chi connectivity index (χ0v) is 16.1. The molecule has 9 heteroatoms. The van der Waals surface area contributed by atoms with Gasteiger partial charge in [0.05, 0.1) is 5.69 Å². The molecule has 3 aromatic heterocycles. The van der Waals surface area contributed by atoms with Crippen LogP contribution in [0.1, 0.15) is 28.5 Å². The van der Waals surface area contributed by atoms with Gasteiger partial charge in [-0.05, 0) is 24.5 Å². The molecule has 2 aliphatic rings. The Balaban J connectivity index is 1.50. The van der Waals surface area contributed by atoms with Crippen molar-refractivity contribution in [1.82, 2.24) is 24.4 Å². The van der Waals surface area contributed by atoms with Crippen LogP contribution >= 0.6 is 0 Å². The summed E-state index contributed by atoms with van der Waals surface area (Å²) in [5.74, 6) is 0.361. The molecule has 0 saturated carbocycles. The minimum atomic E-state index is -0.302. The summed E-state index contributed by atoms with van der Waals surface area (Å²) >= 11 is 0. The number of nitrogens with one attached hydrogen (secondary N) is 1. The second-order valence-corrected chi connectivity index (χ2v) is 7.88. The molecule has 5 heterocycles. The number of carbonyl (C=O) groups is 1. The summed E-state index contributed by atoms with van der Waals surface area (Å²) in [6.45, 7) is 1.61. The van der Waals surface area contributed by atoms with Gasteiger partial charge in [0.2, 0.25) is 5.56 Å². The fraction of sp³-hybridized carbons (Fsp3) is 0.286. The van der Waals surface area contributed by atoms with Gasteiger partial charge in [0, 0.05) is 55.0 Å². The molecule has 2 aliphatic heterocycles. The van der Waals surface area contributed by atoms with Crippen LogP contribution in [0.4, 0.5) is 5.82 Å². The highest BCUT2D eigenvalue weighted by atomic mass is 16.2. The van der Waals surface area contributed by atoms with Crippen LogP contribution in [0.15, 0.2) is 52.3 Å². The average Bonchev–Trinajstić information content (AvgIpc) is 2.73. The van der Waals surface area contributed by atoms with Crippen LogP contribution < -0.4 is 16.9 Å². The summed E-state index contributed by atoms with van der Waals surface area (Å²) < 4.78 is 1.80. The minimum absolute atomic E-state index is 0.0312. The molecule has 9 nitrogen and oxygen atoms in total. The first-order valence-electron chi connectivity index (χ1n) is 9.79. The number of H-pyrrole nitrogens is 1. The van der Waals surface area contributed by atoms with Crippen molar-refractivity contribution in [3.05, 3.63) is 74.8 Å². The third-order valence-corrected chi connectivity index (χ3v) is 5.83. The highest BCUT2D eigenvalue weighted by Gasteiger charge is 2.37. The first-order valence-corrected chi connectivity index (χ1v) is 9.79. The van der Waals surface area contributed by atoms with Crippen LogP contribution in [0.3, 0.4) is 0 Å². The van der Waals surface area contributed by atoms with Gasteiger partial charge in [-0.3, -0.25) is 14.4 Å². The van der Waals surface area contributed by atoms with Crippen LogP contribution in [0, 0.1) is 5.92 Å². The number of amides is 1. The Morgan fingerprint density at radius 2 is 1.97 bits per heavy atom. The van der Waals surface area contributed by atoms with Crippen molar-refractivity contribution < 1.29 is 4.79 Å². The van der Waals surface area contributed by atoms with Crippen molar-refractivity contribution in [2.45, 2.75) is 18.9 Å². The molecule has 2 bridgehead atoms. The van der Waals surface area contributed by atoms with Crippen LogP contribution in [-0.2, 0) is 6.54 Å². The minimum Gasteiger partial charge on any atom is -0.384 e. The van der Waals surface area contributed by atoms with Crippen molar-refractivity contribution in [2.75, 3.05) is 18.8 Å². The maximum atomic E-state index is 12.9. The number of hydrogen-bond donors (Lipinski definition) is 2. The number of piperidine rings is 1. The van der Waals surface area contributed by atoms with Gasteiger partial charge >= 0.3 is 0 Å². The summed E-state index contributed by atoms with van der Waals surface area (Å²) in [4.78, 5) is 49.9. The Labute approximate surface area is 171 Å². The van der Waals surface area contributed by atoms with E-state index in [1.807, 2.05) is 6.07 Å². The molecule has 0 aliphatic carbocycles. The lowest BCUT2D eigenvalue weighted by Gasteiger charge is -2.42. The van der Waals surface area contributed by atoms with Crippen molar-refractivity contribution in [3.63, 3.8) is 0 Å². The van der Waals surface area contributed by atoms with Crippen LogP contribution in [0.25, 0.3) is 11.3 Å². The molecule has 1 fully saturated rings. The van der Waals surface area contributed by atoms with Crippen molar-refractivity contribution >= 4 is 11.7 Å². The molecule has 1 amide bonds. The van der Waals surface area contributed by atoms with E-state index in [1.165, 1.54) is 12.4 Å². The van der Waals surface area contributed by atoms with Crippen LogP contribution in [0.5, 0.6) is 0 Å². The third-order valence-electron chi connectivity index (χ3n) is 5.83. The second kappa shape index (κ2) is 6.94. The number of nitrogen functional groups attached to an aromatic ring is 1. The standard InChI is InChI=1S/C21H20N6O3/c22-18-7-16(23-11-24-18)13-5-17-14-4-12(9-27(17)20(29)6-13)8-26(10-14)21(30)15-2-1-3-19(28)25-15/h1-3,5-7,11-12,14H,4,8-10H2,(H,25,28)(H2,22,23,24)/t12-,14+/m0/s1. The topological polar surface area (TPSA) is 127 Å². The summed E-state index contributed by atoms with van der Waals surface area (Å²) in [5, 5.41) is 0. The fourth-order valence-corrected chi connectivity index (χ4v) is 4.55. The number of pyridine rings is 2. The lowest BCUT2D eigenvalue weighted by molar-refractivity contribution is 0.0588. The predicted octanol–water partition coefficient (Wildman–Crippen LogP) is 0.835. The van der Waals surface area contributed by atoms with E-state index in [1.54, 1.807) is 33.7 Å². The SMILES string of the molecule is Nc1cc(-c2cc3n(c(=O)c2)C[C@H]2C[C@@H]3CN(C(=O)c3cccc(=O)[nH]3)C2)ncn1. The van der Waals surface area contributed by atoms with Crippen molar-refractivity contribution in [1.29, 1.82) is 0 Å². The van der Waals surface area contributed by atoms with Gasteiger partial charge in [-0.25, -0.2) is 9.97 Å². The van der Waals surface area contributed by atoms with Gasteiger partial charge in [0.1, 0.15) is 17.8 Å². The molecule has 5 rings (SSSR count). The Morgan fingerprint density at radius 1 is 1.10 bits per heavy atom. The maximum absolute atomic E-state index is 12.9. The Bertz CT molecular complexity index is 1260. The number of likely N-dealkylation sites (tertiary alicyclic amines) is 1. The zero-order valence-electron chi connectivity index (χ0n) is 16.1. The Hall–Kier alpha value is -3.75. The summed E-state index contributed by atoms with van der Waals surface area (Å²) in [7, 11) is 0. The molecule has 0 radical (unpaired) electrons. The Morgan fingerprint density at radius 3 is 2.77 bits per heavy atom. The highest BCUT2D eigenvalue weighted by Crippen LogP contribution is 2.36. The quantitative estimate of drug-likeness (QED) is 0.651. The van der Waals surface area contributed by atoms with Gasteiger partial charge in [0.15, 0.2) is 0 Å². The average molecular weight is 404 g/mol. The van der Waals surface area contributed by atoms with E-state index in [0.717, 1.165) is 12.1 Å². The normalized spacial score (nSPS) is 19.9. The summed E-state index contributed by atoms with van der Waals surface area (Å²) in [5.41, 5.74) is 7.84. The molecule has 30 heavy (non-hydrogen) atoms. The molecular formula is C21H20N6O3. The van der Waals surface area contributed by atoms with Crippen molar-refractivity contribution in [3.8, 4) is 11.3 Å². The number of fused-ring (bicyclic) bond motifs is 4. The van der Waals surface area contributed by atoms with Gasteiger partial charge < -0.3 is 20.2 Å². The van der Waals surface area contributed by atoms with E-state index in [0.29, 0.717) is 36.7 Å². The smallest absolute Gasteiger partial charge is 0.270 e. The van der Waals surface area contributed by atoms with Crippen LogP contribution in [0.2, 0.25) is 0 Å². The van der Waals surface area contributed by atoms with Crippen molar-refractivity contribution in [2.24, 2.45) is 5.92 Å². The van der Waals surface area contributed by atoms with Gasteiger partial charge in [0.25, 0.3) is 11.5 Å². The van der Waals surface area contributed by atoms with Gasteiger partial charge in [-0.2, -0.15) is 0 Å². The van der Waals surface area contributed by atoms with E-state index in [9.17, 15) is 14.4 Å². The summed E-state index contributed by atoms with van der Waals surface area (Å²) in [6.07, 6.45) is 2.28. The molecule has 1 saturated heterocycles. The predicted molar refractivity (Wildman–Crippen MR) is 110 cm³/mol. The molecule has 0 unspecified atom stereocenters.